The van der Waals surface area contributed by atoms with E-state index in [1.54, 1.807) is 0 Å². The molecule has 5 heteroatoms. The molecule has 2 aliphatic carbocycles. The molecule has 2 fully saturated rings. The first kappa shape index (κ1) is 17.6. The molecule has 0 unspecified atom stereocenters. The van der Waals surface area contributed by atoms with Crippen LogP contribution in [-0.4, -0.2) is 19.0 Å². The molecule has 0 heterocycles. The lowest BCUT2D eigenvalue weighted by Gasteiger charge is -2.21. The zero-order chi connectivity index (χ0) is 14.9. The number of benzene rings is 1. The minimum absolute atomic E-state index is 0. The molecule has 0 spiro atoms. The number of carbonyl (C=O) groups excluding carboxylic acids is 1. The maximum absolute atomic E-state index is 12.4. The Labute approximate surface area is 143 Å². The Balaban J connectivity index is 0.00000176. The van der Waals surface area contributed by atoms with E-state index in [1.807, 2.05) is 18.2 Å². The molecule has 3 N–H and O–H groups in total. The van der Waals surface area contributed by atoms with Crippen molar-refractivity contribution in [3.05, 3.63) is 34.9 Å². The van der Waals surface area contributed by atoms with Gasteiger partial charge in [0.1, 0.15) is 0 Å². The predicted molar refractivity (Wildman–Crippen MR) is 92.5 cm³/mol. The maximum Gasteiger partial charge on any atom is 0.223 e. The van der Waals surface area contributed by atoms with Gasteiger partial charge in [-0.2, -0.15) is 0 Å². The van der Waals surface area contributed by atoms with Gasteiger partial charge in [0, 0.05) is 22.9 Å². The molecule has 0 aliphatic heterocycles. The lowest BCUT2D eigenvalue weighted by atomic mass is 9.93. The Morgan fingerprint density at radius 2 is 2.14 bits per heavy atom. The van der Waals surface area contributed by atoms with Gasteiger partial charge >= 0.3 is 0 Å². The van der Waals surface area contributed by atoms with Crippen molar-refractivity contribution in [1.29, 1.82) is 0 Å². The van der Waals surface area contributed by atoms with Crippen LogP contribution in [0.4, 0.5) is 0 Å². The van der Waals surface area contributed by atoms with Crippen LogP contribution in [0.5, 0.6) is 0 Å². The number of amides is 1. The monoisotopic (exact) mass is 342 g/mol. The maximum atomic E-state index is 12.4. The predicted octanol–water partition coefficient (Wildman–Crippen LogP) is 3.28. The van der Waals surface area contributed by atoms with Crippen LogP contribution in [0.25, 0.3) is 0 Å². The number of nitrogens with two attached hydrogens (primary N) is 1. The van der Waals surface area contributed by atoms with Crippen LogP contribution in [0, 0.1) is 11.8 Å². The molecule has 1 aromatic carbocycles. The van der Waals surface area contributed by atoms with Gasteiger partial charge in [-0.3, -0.25) is 4.79 Å². The van der Waals surface area contributed by atoms with Gasteiger partial charge in [-0.1, -0.05) is 30.2 Å². The summed E-state index contributed by atoms with van der Waals surface area (Å²) in [5.41, 5.74) is 7.13. The van der Waals surface area contributed by atoms with Crippen LogP contribution in [0.15, 0.2) is 24.3 Å². The second kappa shape index (κ2) is 7.20. The highest BCUT2D eigenvalue weighted by Crippen LogP contribution is 2.48. The van der Waals surface area contributed by atoms with Gasteiger partial charge in [-0.05, 0) is 55.8 Å². The molecule has 22 heavy (non-hydrogen) atoms. The van der Waals surface area contributed by atoms with Crippen molar-refractivity contribution in [3.63, 3.8) is 0 Å². The smallest absolute Gasteiger partial charge is 0.223 e. The highest BCUT2D eigenvalue weighted by atomic mass is 35.5. The lowest BCUT2D eigenvalue weighted by molar-refractivity contribution is -0.126. The molecule has 2 aliphatic rings. The van der Waals surface area contributed by atoms with Gasteiger partial charge in [0.05, 0.1) is 0 Å². The molecule has 0 saturated heterocycles. The summed E-state index contributed by atoms with van der Waals surface area (Å²) < 4.78 is 0. The first-order valence-electron chi connectivity index (χ1n) is 7.88. The zero-order valence-electron chi connectivity index (χ0n) is 12.7. The molecule has 3 rings (SSSR count). The third-order valence-electron chi connectivity index (χ3n) is 5.19. The van der Waals surface area contributed by atoms with Gasteiger partial charge < -0.3 is 11.1 Å². The minimum Gasteiger partial charge on any atom is -0.355 e. The van der Waals surface area contributed by atoms with E-state index in [0.29, 0.717) is 12.5 Å². The fourth-order valence-corrected chi connectivity index (χ4v) is 3.78. The summed E-state index contributed by atoms with van der Waals surface area (Å²) in [7, 11) is 0. The van der Waals surface area contributed by atoms with Crippen molar-refractivity contribution in [2.24, 2.45) is 17.6 Å². The fourth-order valence-electron chi connectivity index (χ4n) is 3.59. The normalized spacial score (nSPS) is 25.4. The Kier molecular flexibility index (Phi) is 5.76. The zero-order valence-corrected chi connectivity index (χ0v) is 14.3. The minimum atomic E-state index is 0. The largest absolute Gasteiger partial charge is 0.355 e. The highest BCUT2D eigenvalue weighted by Gasteiger charge is 2.45. The van der Waals surface area contributed by atoms with Crippen molar-refractivity contribution >= 4 is 29.9 Å². The first-order chi connectivity index (χ1) is 10.1. The number of hydrogen-bond acceptors (Lipinski definition) is 2. The highest BCUT2D eigenvalue weighted by molar-refractivity contribution is 6.30. The Bertz CT molecular complexity index is 531. The molecule has 2 saturated carbocycles. The van der Waals surface area contributed by atoms with E-state index in [1.165, 1.54) is 5.56 Å². The SMILES string of the molecule is Cl.NC[C@H]1CCC[C@H]1C(=O)NCC1(c2cccc(Cl)c2)CC1. The van der Waals surface area contributed by atoms with Crippen molar-refractivity contribution in [1.82, 2.24) is 5.32 Å². The molecule has 0 radical (unpaired) electrons. The van der Waals surface area contributed by atoms with Crippen LogP contribution in [0.2, 0.25) is 5.02 Å². The summed E-state index contributed by atoms with van der Waals surface area (Å²) in [4.78, 5) is 12.4. The average Bonchev–Trinajstić information content (AvgIpc) is 3.13. The second-order valence-corrected chi connectivity index (χ2v) is 6.98. The fraction of sp³-hybridized carbons (Fsp3) is 0.588. The van der Waals surface area contributed by atoms with Gasteiger partial charge in [0.15, 0.2) is 0 Å². The molecular formula is C17H24Cl2N2O. The van der Waals surface area contributed by atoms with Gasteiger partial charge in [0.2, 0.25) is 5.91 Å². The third-order valence-corrected chi connectivity index (χ3v) is 5.43. The average molecular weight is 343 g/mol. The van der Waals surface area contributed by atoms with E-state index < -0.39 is 0 Å². The molecule has 2 atom stereocenters. The quantitative estimate of drug-likeness (QED) is 0.862. The molecule has 0 aromatic heterocycles. The van der Waals surface area contributed by atoms with Crippen LogP contribution in [-0.2, 0) is 10.2 Å². The molecule has 122 valence electrons. The number of hydrogen-bond donors (Lipinski definition) is 2. The van der Waals surface area contributed by atoms with Crippen LogP contribution >= 0.6 is 24.0 Å². The Hall–Kier alpha value is -0.770. The topological polar surface area (TPSA) is 55.1 Å². The van der Waals surface area contributed by atoms with E-state index in [9.17, 15) is 4.79 Å². The van der Waals surface area contributed by atoms with Gasteiger partial charge in [-0.15, -0.1) is 12.4 Å². The van der Waals surface area contributed by atoms with Gasteiger partial charge in [-0.25, -0.2) is 0 Å². The molecule has 3 nitrogen and oxygen atoms in total. The number of halogens is 2. The summed E-state index contributed by atoms with van der Waals surface area (Å²) in [6.45, 7) is 1.34. The van der Waals surface area contributed by atoms with Crippen molar-refractivity contribution in [3.8, 4) is 0 Å². The van der Waals surface area contributed by atoms with E-state index in [4.69, 9.17) is 17.3 Å². The van der Waals surface area contributed by atoms with Crippen molar-refractivity contribution in [2.75, 3.05) is 13.1 Å². The Morgan fingerprint density at radius 3 is 2.77 bits per heavy atom. The summed E-state index contributed by atoms with van der Waals surface area (Å²) in [6, 6.07) is 8.02. The molecular weight excluding hydrogens is 319 g/mol. The summed E-state index contributed by atoms with van der Waals surface area (Å²) >= 11 is 6.08. The van der Waals surface area contributed by atoms with Crippen LogP contribution in [0.3, 0.4) is 0 Å². The van der Waals surface area contributed by atoms with E-state index in [-0.39, 0.29) is 29.6 Å². The summed E-state index contributed by atoms with van der Waals surface area (Å²) in [5.74, 6) is 0.674. The van der Waals surface area contributed by atoms with Crippen molar-refractivity contribution in [2.45, 2.75) is 37.5 Å². The Morgan fingerprint density at radius 1 is 1.36 bits per heavy atom. The van der Waals surface area contributed by atoms with E-state index >= 15 is 0 Å². The van der Waals surface area contributed by atoms with E-state index in [0.717, 1.165) is 43.7 Å². The summed E-state index contributed by atoms with van der Waals surface area (Å²) in [5, 5.41) is 3.94. The standard InChI is InChI=1S/C17H23ClN2O.ClH/c18-14-5-2-4-13(9-14)17(7-8-17)11-20-16(21)15-6-1-3-12(15)10-19;/h2,4-5,9,12,15H,1,3,6-8,10-11,19H2,(H,20,21);1H/t12-,15-;/m1./s1. The van der Waals surface area contributed by atoms with Crippen LogP contribution in [0.1, 0.15) is 37.7 Å². The molecule has 0 bridgehead atoms. The number of carbonyl (C=O) groups is 1. The van der Waals surface area contributed by atoms with Crippen molar-refractivity contribution < 1.29 is 4.79 Å². The third kappa shape index (κ3) is 3.58. The number of rotatable bonds is 5. The lowest BCUT2D eigenvalue weighted by Crippen LogP contribution is -2.39. The first-order valence-corrected chi connectivity index (χ1v) is 8.26. The van der Waals surface area contributed by atoms with Gasteiger partial charge in [0.25, 0.3) is 0 Å². The second-order valence-electron chi connectivity index (χ2n) is 6.54. The molecule has 1 amide bonds. The summed E-state index contributed by atoms with van der Waals surface area (Å²) in [6.07, 6.45) is 5.45. The van der Waals surface area contributed by atoms with Crippen LogP contribution < -0.4 is 11.1 Å². The number of nitrogens with one attached hydrogen (secondary N) is 1. The van der Waals surface area contributed by atoms with E-state index in [2.05, 4.69) is 11.4 Å². The molecule has 1 aromatic rings.